The van der Waals surface area contributed by atoms with E-state index in [1.54, 1.807) is 24.3 Å². The molecule has 2 aromatic rings. The summed E-state index contributed by atoms with van der Waals surface area (Å²) >= 11 is 0. The zero-order chi connectivity index (χ0) is 20.0. The van der Waals surface area contributed by atoms with E-state index in [2.05, 4.69) is 4.72 Å². The first-order valence-electron chi connectivity index (χ1n) is 8.03. The number of carbonyl (C=O) groups is 2. The van der Waals surface area contributed by atoms with E-state index >= 15 is 0 Å². The van der Waals surface area contributed by atoms with Crippen LogP contribution in [0.5, 0.6) is 0 Å². The van der Waals surface area contributed by atoms with Crippen molar-refractivity contribution in [1.82, 2.24) is 4.72 Å². The van der Waals surface area contributed by atoms with Gasteiger partial charge in [-0.15, -0.1) is 0 Å². The number of benzene rings is 2. The van der Waals surface area contributed by atoms with Gasteiger partial charge in [-0.3, -0.25) is 9.59 Å². The Balaban J connectivity index is 1.93. The number of sulfonamides is 1. The van der Waals surface area contributed by atoms with Crippen LogP contribution in [0.25, 0.3) is 0 Å². The van der Waals surface area contributed by atoms with Gasteiger partial charge in [0.25, 0.3) is 0 Å². The van der Waals surface area contributed by atoms with Crippen LogP contribution >= 0.6 is 0 Å². The normalized spacial score (nSPS) is 12.0. The molecule has 0 fully saturated rings. The summed E-state index contributed by atoms with van der Waals surface area (Å²) < 4.78 is 31.4. The summed E-state index contributed by atoms with van der Waals surface area (Å²) in [6.07, 6.45) is -1.04. The van der Waals surface area contributed by atoms with Crippen molar-refractivity contribution >= 4 is 21.8 Å². The number of ether oxygens (including phenoxy) is 1. The molecule has 140 valence electrons. The lowest BCUT2D eigenvalue weighted by Gasteiger charge is -2.13. The molecule has 1 atom stereocenters. The topological polar surface area (TPSA) is 113 Å². The third-order valence-electron chi connectivity index (χ3n) is 3.71. The maximum absolute atomic E-state index is 12.2. The average molecular weight is 386 g/mol. The second-order valence-corrected chi connectivity index (χ2v) is 7.59. The fourth-order valence-corrected chi connectivity index (χ4v) is 3.16. The molecule has 0 heterocycles. The lowest BCUT2D eigenvalue weighted by atomic mass is 10.1. The van der Waals surface area contributed by atoms with Crippen LogP contribution in [0.15, 0.2) is 53.4 Å². The lowest BCUT2D eigenvalue weighted by molar-refractivity contribution is -0.144. The summed E-state index contributed by atoms with van der Waals surface area (Å²) in [6.45, 7) is 2.70. The van der Waals surface area contributed by atoms with Crippen molar-refractivity contribution in [3.8, 4) is 6.07 Å². The molecule has 7 nitrogen and oxygen atoms in total. The monoisotopic (exact) mass is 386 g/mol. The first-order valence-corrected chi connectivity index (χ1v) is 9.51. The van der Waals surface area contributed by atoms with E-state index in [9.17, 15) is 18.0 Å². The van der Waals surface area contributed by atoms with Crippen molar-refractivity contribution in [1.29, 1.82) is 5.26 Å². The van der Waals surface area contributed by atoms with E-state index in [0.29, 0.717) is 11.1 Å². The second-order valence-electron chi connectivity index (χ2n) is 5.82. The van der Waals surface area contributed by atoms with Crippen molar-refractivity contribution in [2.24, 2.45) is 0 Å². The fraction of sp³-hybridized carbons (Fsp3) is 0.211. The molecule has 0 radical (unpaired) electrons. The van der Waals surface area contributed by atoms with E-state index in [4.69, 9.17) is 10.00 Å². The van der Waals surface area contributed by atoms with Crippen LogP contribution < -0.4 is 4.72 Å². The Morgan fingerprint density at radius 3 is 2.26 bits per heavy atom. The molecule has 1 N–H and O–H groups in total. The summed E-state index contributed by atoms with van der Waals surface area (Å²) in [6, 6.07) is 13.9. The maximum atomic E-state index is 12.2. The molecule has 0 aliphatic rings. The molecule has 0 amide bonds. The number of ketones is 1. The Kier molecular flexibility index (Phi) is 6.45. The van der Waals surface area contributed by atoms with Gasteiger partial charge in [0, 0.05) is 5.56 Å². The standard InChI is InChI=1S/C19H18N2O5S/c1-13-3-7-16(8-4-13)19(23)14(2)26-18(22)12-21-27(24,25)17-9-5-15(11-20)6-10-17/h3-10,14,21H,12H2,1-2H3/t14-/m1/s1. The van der Waals surface area contributed by atoms with Gasteiger partial charge in [0.1, 0.15) is 6.54 Å². The van der Waals surface area contributed by atoms with E-state index < -0.39 is 28.6 Å². The summed E-state index contributed by atoms with van der Waals surface area (Å²) in [5, 5.41) is 8.73. The van der Waals surface area contributed by atoms with Gasteiger partial charge < -0.3 is 4.74 Å². The number of carbonyl (C=O) groups excluding carboxylic acids is 2. The van der Waals surface area contributed by atoms with Gasteiger partial charge in [0.15, 0.2) is 6.10 Å². The Hall–Kier alpha value is -3.02. The minimum absolute atomic E-state index is 0.0851. The SMILES string of the molecule is Cc1ccc(C(=O)[C@@H](C)OC(=O)CNS(=O)(=O)c2ccc(C#N)cc2)cc1. The molecule has 0 aliphatic carbocycles. The predicted molar refractivity (Wildman–Crippen MR) is 97.4 cm³/mol. The fourth-order valence-electron chi connectivity index (χ4n) is 2.19. The van der Waals surface area contributed by atoms with Crippen molar-refractivity contribution in [2.75, 3.05) is 6.54 Å². The van der Waals surface area contributed by atoms with E-state index in [1.807, 2.05) is 13.0 Å². The number of esters is 1. The van der Waals surface area contributed by atoms with Crippen molar-refractivity contribution in [3.63, 3.8) is 0 Å². The Morgan fingerprint density at radius 1 is 1.11 bits per heavy atom. The molecule has 0 bridgehead atoms. The second kappa shape index (κ2) is 8.58. The van der Waals surface area contributed by atoms with Gasteiger partial charge in [-0.1, -0.05) is 29.8 Å². The highest BCUT2D eigenvalue weighted by molar-refractivity contribution is 7.89. The van der Waals surface area contributed by atoms with Gasteiger partial charge in [-0.05, 0) is 38.1 Å². The highest BCUT2D eigenvalue weighted by Crippen LogP contribution is 2.11. The maximum Gasteiger partial charge on any atom is 0.321 e. The zero-order valence-corrected chi connectivity index (χ0v) is 15.6. The van der Waals surface area contributed by atoms with Crippen LogP contribution in [0.1, 0.15) is 28.4 Å². The third kappa shape index (κ3) is 5.48. The minimum Gasteiger partial charge on any atom is -0.453 e. The number of nitrogens with one attached hydrogen (secondary N) is 1. The van der Waals surface area contributed by atoms with Crippen molar-refractivity contribution in [2.45, 2.75) is 24.8 Å². The molecule has 0 aromatic heterocycles. The van der Waals surface area contributed by atoms with Gasteiger partial charge in [0.2, 0.25) is 15.8 Å². The minimum atomic E-state index is -3.94. The van der Waals surface area contributed by atoms with Crippen LogP contribution in [0.3, 0.4) is 0 Å². The highest BCUT2D eigenvalue weighted by Gasteiger charge is 2.21. The Bertz CT molecular complexity index is 974. The Morgan fingerprint density at radius 2 is 1.70 bits per heavy atom. The highest BCUT2D eigenvalue weighted by atomic mass is 32.2. The number of nitriles is 1. The van der Waals surface area contributed by atoms with Crippen molar-refractivity contribution in [3.05, 3.63) is 65.2 Å². The third-order valence-corrected chi connectivity index (χ3v) is 5.13. The first kappa shape index (κ1) is 20.3. The molecular formula is C19H18N2O5S. The molecule has 0 unspecified atom stereocenters. The quantitative estimate of drug-likeness (QED) is 0.575. The summed E-state index contributed by atoms with van der Waals surface area (Å²) in [4.78, 5) is 24.0. The van der Waals surface area contributed by atoms with Crippen LogP contribution in [-0.4, -0.2) is 32.8 Å². The summed E-state index contributed by atoms with van der Waals surface area (Å²) in [5.41, 5.74) is 1.71. The summed E-state index contributed by atoms with van der Waals surface area (Å²) in [7, 11) is -3.94. The lowest BCUT2D eigenvalue weighted by Crippen LogP contribution is -2.34. The van der Waals surface area contributed by atoms with E-state index in [-0.39, 0.29) is 10.7 Å². The van der Waals surface area contributed by atoms with Gasteiger partial charge in [0.05, 0.1) is 16.5 Å². The Labute approximate surface area is 157 Å². The molecule has 2 rings (SSSR count). The molecule has 8 heteroatoms. The van der Waals surface area contributed by atoms with Crippen LogP contribution in [-0.2, 0) is 19.6 Å². The molecule has 0 saturated carbocycles. The van der Waals surface area contributed by atoms with Crippen LogP contribution in [0.2, 0.25) is 0 Å². The van der Waals surface area contributed by atoms with Gasteiger partial charge >= 0.3 is 5.97 Å². The number of hydrogen-bond donors (Lipinski definition) is 1. The number of Topliss-reactive ketones (excluding diaryl/α,β-unsaturated/α-hetero) is 1. The molecule has 27 heavy (non-hydrogen) atoms. The van der Waals surface area contributed by atoms with Crippen LogP contribution in [0, 0.1) is 18.3 Å². The molecule has 0 saturated heterocycles. The number of nitrogens with zero attached hydrogens (tertiary/aromatic N) is 1. The van der Waals surface area contributed by atoms with Gasteiger partial charge in [-0.2, -0.15) is 9.98 Å². The average Bonchev–Trinajstić information content (AvgIpc) is 2.66. The summed E-state index contributed by atoms with van der Waals surface area (Å²) in [5.74, 6) is -1.25. The van der Waals surface area contributed by atoms with Crippen LogP contribution in [0.4, 0.5) is 0 Å². The van der Waals surface area contributed by atoms with E-state index in [1.165, 1.54) is 31.2 Å². The number of hydrogen-bond acceptors (Lipinski definition) is 6. The zero-order valence-electron chi connectivity index (χ0n) is 14.8. The first-order chi connectivity index (χ1) is 12.7. The number of aryl methyl sites for hydroxylation is 1. The molecule has 2 aromatic carbocycles. The molecule has 0 spiro atoms. The van der Waals surface area contributed by atoms with Crippen molar-refractivity contribution < 1.29 is 22.7 Å². The van der Waals surface area contributed by atoms with E-state index in [0.717, 1.165) is 5.56 Å². The molecular weight excluding hydrogens is 368 g/mol. The predicted octanol–water partition coefficient (Wildman–Crippen LogP) is 1.96. The molecule has 0 aliphatic heterocycles. The smallest absolute Gasteiger partial charge is 0.321 e. The van der Waals surface area contributed by atoms with Gasteiger partial charge in [-0.25, -0.2) is 8.42 Å². The number of rotatable bonds is 7. The largest absolute Gasteiger partial charge is 0.453 e.